The summed E-state index contributed by atoms with van der Waals surface area (Å²) in [6, 6.07) is 3.59. The summed E-state index contributed by atoms with van der Waals surface area (Å²) >= 11 is 2.89. The van der Waals surface area contributed by atoms with Crippen molar-refractivity contribution >= 4 is 25.8 Å². The molecule has 0 amide bonds. The van der Waals surface area contributed by atoms with Gasteiger partial charge in [-0.1, -0.05) is 22.0 Å². The van der Waals surface area contributed by atoms with E-state index in [0.29, 0.717) is 0 Å². The molecule has 0 fully saturated rings. The number of sulfone groups is 1. The van der Waals surface area contributed by atoms with Crippen LogP contribution in [0.25, 0.3) is 0 Å². The Morgan fingerprint density at radius 1 is 1.37 bits per heavy atom. The van der Waals surface area contributed by atoms with Crippen molar-refractivity contribution in [1.82, 2.24) is 0 Å². The highest BCUT2D eigenvalue weighted by molar-refractivity contribution is 9.09. The zero-order valence-electron chi connectivity index (χ0n) is 9.08. The maximum absolute atomic E-state index is 13.0. The van der Waals surface area contributed by atoms with Gasteiger partial charge in [-0.25, -0.2) is 12.8 Å². The van der Waals surface area contributed by atoms with Crippen LogP contribution in [0.1, 0.15) is 11.5 Å². The molecular weight excluding hydrogens is 354 g/mol. The molecule has 3 nitrogen and oxygen atoms in total. The number of alkyl halides is 4. The molecule has 0 bridgehead atoms. The number of rotatable bonds is 3. The number of halogens is 5. The van der Waals surface area contributed by atoms with E-state index in [2.05, 4.69) is 15.9 Å². The molecule has 0 aliphatic rings. The molecule has 0 N–H and O–H groups in total. The lowest BCUT2D eigenvalue weighted by molar-refractivity contribution is -0.0436. The number of benzene rings is 1. The lowest BCUT2D eigenvalue weighted by Crippen LogP contribution is -2.25. The third kappa shape index (κ3) is 3.06. The Morgan fingerprint density at radius 3 is 2.37 bits per heavy atom. The highest BCUT2D eigenvalue weighted by Crippen LogP contribution is 2.35. The zero-order valence-corrected chi connectivity index (χ0v) is 11.5. The van der Waals surface area contributed by atoms with Crippen LogP contribution in [0.3, 0.4) is 0 Å². The van der Waals surface area contributed by atoms with Gasteiger partial charge in [-0.2, -0.15) is 18.4 Å². The average Bonchev–Trinajstić information content (AvgIpc) is 2.30. The first-order valence-electron chi connectivity index (χ1n) is 4.71. The standard InChI is InChI=1S/C10H6BrF4NO2S/c11-4-6(5-16)8-2-1-7(12)3-9(8)19(17,18)10(13,14)15/h1-3,6H,4H2. The van der Waals surface area contributed by atoms with Crippen molar-refractivity contribution in [3.63, 3.8) is 0 Å². The second-order valence-corrected chi connectivity index (χ2v) is 6.02. The third-order valence-corrected chi connectivity index (χ3v) is 4.44. The number of nitrogens with zero attached hydrogens (tertiary/aromatic N) is 1. The third-order valence-electron chi connectivity index (χ3n) is 2.26. The van der Waals surface area contributed by atoms with E-state index in [0.717, 1.165) is 12.1 Å². The lowest BCUT2D eigenvalue weighted by atomic mass is 10.0. The molecule has 1 atom stereocenters. The quantitative estimate of drug-likeness (QED) is 0.615. The first kappa shape index (κ1) is 15.9. The molecule has 0 aromatic heterocycles. The maximum atomic E-state index is 13.0. The Kier molecular flexibility index (Phi) is 4.58. The van der Waals surface area contributed by atoms with E-state index in [1.165, 1.54) is 0 Å². The fourth-order valence-corrected chi connectivity index (χ4v) is 2.87. The number of hydrogen-bond donors (Lipinski definition) is 0. The summed E-state index contributed by atoms with van der Waals surface area (Å²) in [5.41, 5.74) is -5.94. The van der Waals surface area contributed by atoms with Crippen LogP contribution in [0.2, 0.25) is 0 Å². The minimum Gasteiger partial charge on any atom is -0.214 e. The predicted molar refractivity (Wildman–Crippen MR) is 61.8 cm³/mol. The second kappa shape index (κ2) is 5.46. The summed E-state index contributed by atoms with van der Waals surface area (Å²) in [5.74, 6) is -2.26. The van der Waals surface area contributed by atoms with Gasteiger partial charge >= 0.3 is 5.51 Å². The highest BCUT2D eigenvalue weighted by Gasteiger charge is 2.48. The van der Waals surface area contributed by atoms with Crippen molar-refractivity contribution in [3.8, 4) is 6.07 Å². The summed E-state index contributed by atoms with van der Waals surface area (Å²) in [6.07, 6.45) is 0. The van der Waals surface area contributed by atoms with Gasteiger partial charge < -0.3 is 0 Å². The van der Waals surface area contributed by atoms with Crippen molar-refractivity contribution in [1.29, 1.82) is 5.26 Å². The van der Waals surface area contributed by atoms with Gasteiger partial charge in [0.15, 0.2) is 0 Å². The van der Waals surface area contributed by atoms with Crippen molar-refractivity contribution in [2.75, 3.05) is 5.33 Å². The summed E-state index contributed by atoms with van der Waals surface area (Å²) < 4.78 is 73.2. The average molecular weight is 360 g/mol. The normalized spacial score (nSPS) is 13.9. The predicted octanol–water partition coefficient (Wildman–Crippen LogP) is 3.12. The Balaban J connectivity index is 3.60. The minimum absolute atomic E-state index is 0.0739. The van der Waals surface area contributed by atoms with E-state index in [4.69, 9.17) is 5.26 Å². The van der Waals surface area contributed by atoms with Crippen LogP contribution in [-0.4, -0.2) is 19.3 Å². The fraction of sp³-hybridized carbons (Fsp3) is 0.300. The van der Waals surface area contributed by atoms with Gasteiger partial charge in [-0.15, -0.1) is 0 Å². The molecule has 0 aliphatic heterocycles. The molecule has 19 heavy (non-hydrogen) atoms. The maximum Gasteiger partial charge on any atom is 0.501 e. The van der Waals surface area contributed by atoms with E-state index >= 15 is 0 Å². The molecular formula is C10H6BrF4NO2S. The lowest BCUT2D eigenvalue weighted by Gasteiger charge is -2.14. The second-order valence-electron chi connectivity index (χ2n) is 3.47. The zero-order chi connectivity index (χ0) is 14.8. The summed E-state index contributed by atoms with van der Waals surface area (Å²) in [7, 11) is -5.71. The minimum atomic E-state index is -5.71. The summed E-state index contributed by atoms with van der Waals surface area (Å²) in [5, 5.41) is 8.72. The van der Waals surface area contributed by atoms with E-state index in [1.54, 1.807) is 6.07 Å². The van der Waals surface area contributed by atoms with Crippen LogP contribution in [0.5, 0.6) is 0 Å². The summed E-state index contributed by atoms with van der Waals surface area (Å²) in [6.45, 7) is 0. The highest BCUT2D eigenvalue weighted by atomic mass is 79.9. The van der Waals surface area contributed by atoms with Crippen LogP contribution in [0, 0.1) is 17.1 Å². The molecule has 9 heteroatoms. The molecule has 1 aromatic rings. The van der Waals surface area contributed by atoms with Crippen LogP contribution in [-0.2, 0) is 9.84 Å². The van der Waals surface area contributed by atoms with Gasteiger partial charge in [0, 0.05) is 5.33 Å². The Morgan fingerprint density at radius 2 is 1.95 bits per heavy atom. The number of hydrogen-bond acceptors (Lipinski definition) is 3. The summed E-state index contributed by atoms with van der Waals surface area (Å²) in [4.78, 5) is -1.23. The van der Waals surface area contributed by atoms with Crippen molar-refractivity contribution in [3.05, 3.63) is 29.6 Å². The van der Waals surface area contributed by atoms with Crippen LogP contribution in [0.4, 0.5) is 17.6 Å². The molecule has 0 saturated carbocycles. The van der Waals surface area contributed by atoms with Crippen LogP contribution < -0.4 is 0 Å². The smallest absolute Gasteiger partial charge is 0.214 e. The van der Waals surface area contributed by atoms with Gasteiger partial charge in [-0.3, -0.25) is 0 Å². The van der Waals surface area contributed by atoms with Gasteiger partial charge in [0.25, 0.3) is 9.84 Å². The van der Waals surface area contributed by atoms with Crippen molar-refractivity contribution in [2.24, 2.45) is 0 Å². The van der Waals surface area contributed by atoms with Crippen LogP contribution in [0.15, 0.2) is 23.1 Å². The fourth-order valence-electron chi connectivity index (χ4n) is 1.34. The molecule has 1 rings (SSSR count). The Bertz CT molecular complexity index is 621. The topological polar surface area (TPSA) is 57.9 Å². The van der Waals surface area contributed by atoms with E-state index in [-0.39, 0.29) is 11.4 Å². The number of nitriles is 1. The molecule has 0 aliphatic carbocycles. The molecule has 0 heterocycles. The molecule has 1 unspecified atom stereocenters. The molecule has 0 radical (unpaired) electrons. The molecule has 0 saturated heterocycles. The monoisotopic (exact) mass is 359 g/mol. The SMILES string of the molecule is N#CC(CBr)c1ccc(F)cc1S(=O)(=O)C(F)(F)F. The Labute approximate surface area is 114 Å². The molecule has 0 spiro atoms. The van der Waals surface area contributed by atoms with Crippen molar-refractivity contribution in [2.45, 2.75) is 16.3 Å². The van der Waals surface area contributed by atoms with E-state index in [9.17, 15) is 26.0 Å². The molecule has 104 valence electrons. The first-order chi connectivity index (χ1) is 8.65. The van der Waals surface area contributed by atoms with E-state index < -0.39 is 37.5 Å². The van der Waals surface area contributed by atoms with Crippen molar-refractivity contribution < 1.29 is 26.0 Å². The first-order valence-corrected chi connectivity index (χ1v) is 7.32. The van der Waals surface area contributed by atoms with E-state index in [1.807, 2.05) is 0 Å². The molecule has 1 aromatic carbocycles. The van der Waals surface area contributed by atoms with Gasteiger partial charge in [0.1, 0.15) is 5.82 Å². The van der Waals surface area contributed by atoms with Gasteiger partial charge in [-0.05, 0) is 17.7 Å². The largest absolute Gasteiger partial charge is 0.501 e. The van der Waals surface area contributed by atoms with Gasteiger partial charge in [0.2, 0.25) is 0 Å². The Hall–Kier alpha value is -1.14. The van der Waals surface area contributed by atoms with Crippen LogP contribution >= 0.6 is 15.9 Å². The van der Waals surface area contributed by atoms with Gasteiger partial charge in [0.05, 0.1) is 16.9 Å².